The van der Waals surface area contributed by atoms with E-state index in [0.717, 1.165) is 13.0 Å². The molecule has 78 valence electrons. The molecule has 0 fully saturated rings. The number of carbonyl (C=O) groups excluding carboxylic acids is 1. The van der Waals surface area contributed by atoms with E-state index in [1.165, 1.54) is 32.1 Å². The van der Waals surface area contributed by atoms with E-state index >= 15 is 0 Å². The molecule has 3 heteroatoms. The number of carboxylic acid groups (broad SMARTS) is 1. The largest absolute Gasteiger partial charge is 0.549 e. The second kappa shape index (κ2) is 9.52. The van der Waals surface area contributed by atoms with E-state index in [4.69, 9.17) is 0 Å². The summed E-state index contributed by atoms with van der Waals surface area (Å²) in [6, 6.07) is 0. The Morgan fingerprint density at radius 3 is 2.38 bits per heavy atom. The van der Waals surface area contributed by atoms with Crippen molar-refractivity contribution in [3.63, 3.8) is 0 Å². The molecular weight excluding hydrogens is 166 g/mol. The van der Waals surface area contributed by atoms with E-state index < -0.39 is 5.97 Å². The fraction of sp³-hybridized carbons (Fsp3) is 0.900. The molecule has 0 saturated carbocycles. The smallest absolute Gasteiger partial charge is 0.0552 e. The number of rotatable bonds is 9. The van der Waals surface area contributed by atoms with Gasteiger partial charge in [-0.3, -0.25) is 0 Å². The SMILES string of the molecule is CCCCCCCCNCC(=O)[O-]. The van der Waals surface area contributed by atoms with Crippen LogP contribution in [0.2, 0.25) is 0 Å². The molecule has 0 unspecified atom stereocenters. The number of nitrogens with one attached hydrogen (secondary N) is 1. The highest BCUT2D eigenvalue weighted by atomic mass is 16.4. The van der Waals surface area contributed by atoms with Gasteiger partial charge in [0, 0.05) is 6.54 Å². The van der Waals surface area contributed by atoms with Crippen molar-refractivity contribution in [2.45, 2.75) is 45.4 Å². The van der Waals surface area contributed by atoms with E-state index in [-0.39, 0.29) is 6.54 Å². The molecule has 0 rings (SSSR count). The Morgan fingerprint density at radius 2 is 1.77 bits per heavy atom. The standard InChI is InChI=1S/C10H21NO2/c1-2-3-4-5-6-7-8-11-9-10(12)13/h11H,2-9H2,1H3,(H,12,13)/p-1. The van der Waals surface area contributed by atoms with Gasteiger partial charge in [0.25, 0.3) is 0 Å². The summed E-state index contributed by atoms with van der Waals surface area (Å²) >= 11 is 0. The maximum absolute atomic E-state index is 10.00. The van der Waals surface area contributed by atoms with Crippen molar-refractivity contribution in [1.82, 2.24) is 5.32 Å². The minimum absolute atomic E-state index is 0.0189. The van der Waals surface area contributed by atoms with Gasteiger partial charge in [-0.05, 0) is 13.0 Å². The molecule has 0 aliphatic heterocycles. The van der Waals surface area contributed by atoms with E-state index in [9.17, 15) is 9.90 Å². The summed E-state index contributed by atoms with van der Waals surface area (Å²) in [5.74, 6) is -1.02. The van der Waals surface area contributed by atoms with Crippen LogP contribution in [-0.4, -0.2) is 19.1 Å². The van der Waals surface area contributed by atoms with Crippen LogP contribution < -0.4 is 10.4 Å². The zero-order chi connectivity index (χ0) is 9.94. The first-order chi connectivity index (χ1) is 6.27. The van der Waals surface area contributed by atoms with Crippen LogP contribution in [0.4, 0.5) is 0 Å². The third kappa shape index (κ3) is 11.4. The van der Waals surface area contributed by atoms with Gasteiger partial charge in [0.2, 0.25) is 0 Å². The summed E-state index contributed by atoms with van der Waals surface area (Å²) in [7, 11) is 0. The van der Waals surface area contributed by atoms with Crippen LogP contribution in [-0.2, 0) is 4.79 Å². The van der Waals surface area contributed by atoms with Gasteiger partial charge in [-0.2, -0.15) is 0 Å². The highest BCUT2D eigenvalue weighted by Gasteiger charge is 1.90. The molecule has 0 aromatic heterocycles. The fourth-order valence-electron chi connectivity index (χ4n) is 1.22. The van der Waals surface area contributed by atoms with Gasteiger partial charge in [0.1, 0.15) is 0 Å². The van der Waals surface area contributed by atoms with Gasteiger partial charge in [-0.15, -0.1) is 0 Å². The average molecular weight is 186 g/mol. The molecular formula is C10H20NO2-. The van der Waals surface area contributed by atoms with Gasteiger partial charge in [-0.25, -0.2) is 0 Å². The molecule has 0 aliphatic rings. The van der Waals surface area contributed by atoms with Crippen LogP contribution in [0, 0.1) is 0 Å². The Labute approximate surface area is 80.5 Å². The summed E-state index contributed by atoms with van der Waals surface area (Å²) in [5, 5.41) is 12.8. The van der Waals surface area contributed by atoms with Crippen LogP contribution in [0.1, 0.15) is 45.4 Å². The topological polar surface area (TPSA) is 52.2 Å². The second-order valence-electron chi connectivity index (χ2n) is 3.32. The van der Waals surface area contributed by atoms with Crippen molar-refractivity contribution in [2.75, 3.05) is 13.1 Å². The molecule has 0 aromatic rings. The Bertz CT molecular complexity index is 126. The number of aliphatic carboxylic acids is 1. The van der Waals surface area contributed by atoms with E-state index in [1.807, 2.05) is 0 Å². The quantitative estimate of drug-likeness (QED) is 0.539. The lowest BCUT2D eigenvalue weighted by Gasteiger charge is -2.04. The van der Waals surface area contributed by atoms with Gasteiger partial charge in [0.05, 0.1) is 5.97 Å². The Morgan fingerprint density at radius 1 is 1.15 bits per heavy atom. The molecule has 0 aliphatic carbocycles. The van der Waals surface area contributed by atoms with Gasteiger partial charge in [-0.1, -0.05) is 39.0 Å². The molecule has 0 atom stereocenters. The minimum atomic E-state index is -1.02. The first kappa shape index (κ1) is 12.4. The van der Waals surface area contributed by atoms with Crippen LogP contribution in [0.3, 0.4) is 0 Å². The van der Waals surface area contributed by atoms with Gasteiger partial charge >= 0.3 is 0 Å². The summed E-state index contributed by atoms with van der Waals surface area (Å²) in [4.78, 5) is 10.00. The average Bonchev–Trinajstić information content (AvgIpc) is 2.09. The van der Waals surface area contributed by atoms with E-state index in [2.05, 4.69) is 12.2 Å². The highest BCUT2D eigenvalue weighted by molar-refractivity contribution is 5.66. The van der Waals surface area contributed by atoms with Crippen LogP contribution in [0.15, 0.2) is 0 Å². The number of unbranched alkanes of at least 4 members (excludes halogenated alkanes) is 5. The molecule has 0 heterocycles. The molecule has 0 aromatic carbocycles. The summed E-state index contributed by atoms with van der Waals surface area (Å²) in [6.07, 6.45) is 7.41. The molecule has 0 bridgehead atoms. The fourth-order valence-corrected chi connectivity index (χ4v) is 1.22. The molecule has 1 N–H and O–H groups in total. The Kier molecular flexibility index (Phi) is 9.10. The summed E-state index contributed by atoms with van der Waals surface area (Å²) in [5.41, 5.74) is 0. The van der Waals surface area contributed by atoms with Crippen molar-refractivity contribution in [1.29, 1.82) is 0 Å². The summed E-state index contributed by atoms with van der Waals surface area (Å²) in [6.45, 7) is 2.97. The van der Waals surface area contributed by atoms with Gasteiger partial charge in [0.15, 0.2) is 0 Å². The lowest BCUT2D eigenvalue weighted by atomic mass is 10.1. The number of hydrogen-bond donors (Lipinski definition) is 1. The predicted octanol–water partition coefficient (Wildman–Crippen LogP) is 0.686. The third-order valence-corrected chi connectivity index (χ3v) is 1.98. The van der Waals surface area contributed by atoms with E-state index in [0.29, 0.717) is 0 Å². The van der Waals surface area contributed by atoms with Crippen molar-refractivity contribution < 1.29 is 9.90 Å². The van der Waals surface area contributed by atoms with Crippen LogP contribution in [0.5, 0.6) is 0 Å². The zero-order valence-electron chi connectivity index (χ0n) is 8.47. The Balaban J connectivity index is 2.87. The predicted molar refractivity (Wildman–Crippen MR) is 51.3 cm³/mol. The van der Waals surface area contributed by atoms with E-state index in [1.54, 1.807) is 0 Å². The van der Waals surface area contributed by atoms with Crippen molar-refractivity contribution >= 4 is 5.97 Å². The number of hydrogen-bond acceptors (Lipinski definition) is 3. The second-order valence-corrected chi connectivity index (χ2v) is 3.32. The molecule has 0 amide bonds. The lowest BCUT2D eigenvalue weighted by molar-refractivity contribution is -0.304. The lowest BCUT2D eigenvalue weighted by Crippen LogP contribution is -2.34. The first-order valence-electron chi connectivity index (χ1n) is 5.18. The zero-order valence-corrected chi connectivity index (χ0v) is 8.47. The molecule has 0 spiro atoms. The molecule has 0 saturated heterocycles. The number of carboxylic acids is 1. The maximum Gasteiger partial charge on any atom is 0.0552 e. The summed E-state index contributed by atoms with van der Waals surface area (Å²) < 4.78 is 0. The highest BCUT2D eigenvalue weighted by Crippen LogP contribution is 2.03. The van der Waals surface area contributed by atoms with Crippen molar-refractivity contribution in [2.24, 2.45) is 0 Å². The Hall–Kier alpha value is -0.570. The first-order valence-corrected chi connectivity index (χ1v) is 5.18. The molecule has 0 radical (unpaired) electrons. The molecule has 3 nitrogen and oxygen atoms in total. The van der Waals surface area contributed by atoms with Crippen LogP contribution >= 0.6 is 0 Å². The van der Waals surface area contributed by atoms with Crippen LogP contribution in [0.25, 0.3) is 0 Å². The number of carbonyl (C=O) groups is 1. The van der Waals surface area contributed by atoms with Crippen molar-refractivity contribution in [3.05, 3.63) is 0 Å². The normalized spacial score (nSPS) is 10.2. The van der Waals surface area contributed by atoms with Crippen molar-refractivity contribution in [3.8, 4) is 0 Å². The minimum Gasteiger partial charge on any atom is -0.549 e. The molecule has 13 heavy (non-hydrogen) atoms. The maximum atomic E-state index is 10.00. The van der Waals surface area contributed by atoms with Gasteiger partial charge < -0.3 is 15.2 Å². The third-order valence-electron chi connectivity index (χ3n) is 1.98. The monoisotopic (exact) mass is 186 g/mol.